The van der Waals surface area contributed by atoms with E-state index in [4.69, 9.17) is 5.11 Å². The van der Waals surface area contributed by atoms with Gasteiger partial charge in [-0.15, -0.1) is 0 Å². The monoisotopic (exact) mass is 381 g/mol. The van der Waals surface area contributed by atoms with Crippen molar-refractivity contribution < 1.29 is 32.6 Å². The first-order valence-electron chi connectivity index (χ1n) is 8.12. The SMILES string of the molecule is O=C(O)CCC(NC(=O)c1ccc(OCC(F)(F)F)cc1)c1ccccc1. The highest BCUT2D eigenvalue weighted by atomic mass is 19.4. The van der Waals surface area contributed by atoms with Crippen molar-refractivity contribution in [2.75, 3.05) is 6.61 Å². The minimum absolute atomic E-state index is 0.00522. The lowest BCUT2D eigenvalue weighted by molar-refractivity contribution is -0.153. The number of ether oxygens (including phenoxy) is 1. The number of hydrogen-bond acceptors (Lipinski definition) is 3. The van der Waals surface area contributed by atoms with E-state index in [1.165, 1.54) is 24.3 Å². The van der Waals surface area contributed by atoms with E-state index < -0.39 is 30.7 Å². The Balaban J connectivity index is 2.04. The largest absolute Gasteiger partial charge is 0.484 e. The highest BCUT2D eigenvalue weighted by molar-refractivity contribution is 5.94. The van der Waals surface area contributed by atoms with Gasteiger partial charge in [-0.25, -0.2) is 0 Å². The van der Waals surface area contributed by atoms with Crippen molar-refractivity contribution in [1.29, 1.82) is 0 Å². The lowest BCUT2D eigenvalue weighted by Gasteiger charge is -2.19. The maximum atomic E-state index is 12.4. The Labute approximate surface area is 153 Å². The average molecular weight is 381 g/mol. The van der Waals surface area contributed by atoms with Crippen LogP contribution in [-0.2, 0) is 4.79 Å². The second-order valence-electron chi connectivity index (χ2n) is 5.80. The summed E-state index contributed by atoms with van der Waals surface area (Å²) in [5.41, 5.74) is 0.989. The molecule has 1 unspecified atom stereocenters. The Morgan fingerprint density at radius 3 is 2.22 bits per heavy atom. The minimum atomic E-state index is -4.44. The molecular weight excluding hydrogens is 363 g/mol. The molecule has 8 heteroatoms. The Hall–Kier alpha value is -3.03. The second kappa shape index (κ2) is 9.07. The first-order valence-corrected chi connectivity index (χ1v) is 8.12. The summed E-state index contributed by atoms with van der Waals surface area (Å²) in [6.07, 6.45) is -4.36. The highest BCUT2D eigenvalue weighted by Gasteiger charge is 2.28. The highest BCUT2D eigenvalue weighted by Crippen LogP contribution is 2.21. The van der Waals surface area contributed by atoms with Crippen molar-refractivity contribution in [3.05, 3.63) is 65.7 Å². The molecule has 0 aliphatic rings. The van der Waals surface area contributed by atoms with Gasteiger partial charge in [-0.05, 0) is 36.2 Å². The fourth-order valence-electron chi connectivity index (χ4n) is 2.38. The lowest BCUT2D eigenvalue weighted by atomic mass is 10.0. The van der Waals surface area contributed by atoms with E-state index in [1.807, 2.05) is 0 Å². The molecule has 0 heterocycles. The zero-order valence-electron chi connectivity index (χ0n) is 14.2. The molecule has 1 atom stereocenters. The van der Waals surface area contributed by atoms with Gasteiger partial charge >= 0.3 is 12.1 Å². The molecule has 0 radical (unpaired) electrons. The third-order valence-corrected chi connectivity index (χ3v) is 3.67. The molecule has 27 heavy (non-hydrogen) atoms. The molecule has 0 fully saturated rings. The number of rotatable bonds is 8. The summed E-state index contributed by atoms with van der Waals surface area (Å²) in [5.74, 6) is -1.44. The van der Waals surface area contributed by atoms with Crippen molar-refractivity contribution in [1.82, 2.24) is 5.32 Å². The van der Waals surface area contributed by atoms with Crippen LogP contribution in [0.4, 0.5) is 13.2 Å². The smallest absolute Gasteiger partial charge is 0.422 e. The Morgan fingerprint density at radius 1 is 1.04 bits per heavy atom. The van der Waals surface area contributed by atoms with Crippen molar-refractivity contribution in [3.8, 4) is 5.75 Å². The number of aliphatic carboxylic acids is 1. The number of amides is 1. The van der Waals surface area contributed by atoms with Crippen LogP contribution in [0.15, 0.2) is 54.6 Å². The zero-order valence-corrected chi connectivity index (χ0v) is 14.2. The molecule has 0 saturated carbocycles. The Bertz CT molecular complexity index is 761. The standard InChI is InChI=1S/C19H18F3NO4/c20-19(21,22)12-27-15-8-6-14(7-9-15)18(26)23-16(10-11-17(24)25)13-4-2-1-3-5-13/h1-9,16H,10-12H2,(H,23,26)(H,24,25). The van der Waals surface area contributed by atoms with Gasteiger partial charge in [-0.3, -0.25) is 9.59 Å². The number of carboxylic acid groups (broad SMARTS) is 1. The molecule has 2 aromatic carbocycles. The van der Waals surface area contributed by atoms with Crippen LogP contribution in [0, 0.1) is 0 Å². The Morgan fingerprint density at radius 2 is 1.67 bits per heavy atom. The maximum Gasteiger partial charge on any atom is 0.422 e. The van der Waals surface area contributed by atoms with E-state index in [2.05, 4.69) is 10.1 Å². The van der Waals surface area contributed by atoms with Crippen LogP contribution in [0.25, 0.3) is 0 Å². The molecule has 2 rings (SSSR count). The number of benzene rings is 2. The van der Waals surface area contributed by atoms with Crippen LogP contribution in [0.1, 0.15) is 34.8 Å². The fraction of sp³-hybridized carbons (Fsp3) is 0.263. The number of carboxylic acids is 1. The molecule has 0 aromatic heterocycles. The van der Waals surface area contributed by atoms with E-state index >= 15 is 0 Å². The van der Waals surface area contributed by atoms with Crippen molar-refractivity contribution in [2.45, 2.75) is 25.1 Å². The number of alkyl halides is 3. The minimum Gasteiger partial charge on any atom is -0.484 e. The van der Waals surface area contributed by atoms with Gasteiger partial charge in [0.05, 0.1) is 6.04 Å². The number of halogens is 3. The topological polar surface area (TPSA) is 75.6 Å². The zero-order chi connectivity index (χ0) is 19.9. The first-order chi connectivity index (χ1) is 12.7. The van der Waals surface area contributed by atoms with E-state index in [0.29, 0.717) is 0 Å². The molecule has 0 spiro atoms. The summed E-state index contributed by atoms with van der Waals surface area (Å²) in [7, 11) is 0. The molecule has 5 nitrogen and oxygen atoms in total. The number of nitrogens with one attached hydrogen (secondary N) is 1. The molecule has 0 saturated heterocycles. The quantitative estimate of drug-likeness (QED) is 0.726. The van der Waals surface area contributed by atoms with E-state index in [-0.39, 0.29) is 24.2 Å². The maximum absolute atomic E-state index is 12.4. The molecule has 1 amide bonds. The summed E-state index contributed by atoms with van der Waals surface area (Å²) >= 11 is 0. The van der Waals surface area contributed by atoms with Gasteiger partial charge in [-0.1, -0.05) is 30.3 Å². The predicted molar refractivity (Wildman–Crippen MR) is 91.5 cm³/mol. The van der Waals surface area contributed by atoms with Gasteiger partial charge in [0.25, 0.3) is 5.91 Å². The van der Waals surface area contributed by atoms with Gasteiger partial charge in [0.15, 0.2) is 6.61 Å². The number of hydrogen-bond donors (Lipinski definition) is 2. The molecule has 144 valence electrons. The van der Waals surface area contributed by atoms with E-state index in [1.54, 1.807) is 30.3 Å². The van der Waals surface area contributed by atoms with Crippen molar-refractivity contribution in [3.63, 3.8) is 0 Å². The van der Waals surface area contributed by atoms with Crippen molar-refractivity contribution >= 4 is 11.9 Å². The number of carbonyl (C=O) groups excluding carboxylic acids is 1. The summed E-state index contributed by atoms with van der Waals surface area (Å²) in [6.45, 7) is -1.41. The van der Waals surface area contributed by atoms with E-state index in [0.717, 1.165) is 5.56 Å². The lowest BCUT2D eigenvalue weighted by Crippen LogP contribution is -2.29. The fourth-order valence-corrected chi connectivity index (χ4v) is 2.38. The summed E-state index contributed by atoms with van der Waals surface area (Å²) in [4.78, 5) is 23.3. The molecular formula is C19H18F3NO4. The van der Waals surface area contributed by atoms with Crippen molar-refractivity contribution in [2.24, 2.45) is 0 Å². The van der Waals surface area contributed by atoms with Gasteiger partial charge in [0.1, 0.15) is 5.75 Å². The van der Waals surface area contributed by atoms with Crippen LogP contribution >= 0.6 is 0 Å². The molecule has 2 N–H and O–H groups in total. The Kier molecular flexibility index (Phi) is 6.81. The first kappa shape index (κ1) is 20.3. The second-order valence-corrected chi connectivity index (χ2v) is 5.80. The average Bonchev–Trinajstić information content (AvgIpc) is 2.63. The summed E-state index contributed by atoms with van der Waals surface area (Å²) < 4.78 is 41.1. The summed E-state index contributed by atoms with van der Waals surface area (Å²) in [6, 6.07) is 13.7. The molecule has 2 aromatic rings. The molecule has 0 bridgehead atoms. The van der Waals surface area contributed by atoms with Crippen LogP contribution in [0.5, 0.6) is 5.75 Å². The van der Waals surface area contributed by atoms with Crippen LogP contribution in [0.3, 0.4) is 0 Å². The van der Waals surface area contributed by atoms with Gasteiger partial charge < -0.3 is 15.2 Å². The van der Waals surface area contributed by atoms with E-state index in [9.17, 15) is 22.8 Å². The van der Waals surface area contributed by atoms with Gasteiger partial charge in [0.2, 0.25) is 0 Å². The summed E-state index contributed by atoms with van der Waals surface area (Å²) in [5, 5.41) is 11.6. The molecule has 0 aliphatic heterocycles. The molecule has 0 aliphatic carbocycles. The van der Waals surface area contributed by atoms with Crippen LogP contribution in [0.2, 0.25) is 0 Å². The van der Waals surface area contributed by atoms with Gasteiger partial charge in [0, 0.05) is 12.0 Å². The third-order valence-electron chi connectivity index (χ3n) is 3.67. The van der Waals surface area contributed by atoms with Crippen LogP contribution < -0.4 is 10.1 Å². The third kappa shape index (κ3) is 7.01. The van der Waals surface area contributed by atoms with Gasteiger partial charge in [-0.2, -0.15) is 13.2 Å². The normalized spacial score (nSPS) is 12.3. The predicted octanol–water partition coefficient (Wildman–Crippen LogP) is 3.96. The van der Waals surface area contributed by atoms with Crippen LogP contribution in [-0.4, -0.2) is 29.8 Å². The number of carbonyl (C=O) groups is 2.